The van der Waals surface area contributed by atoms with Gasteiger partial charge in [-0.1, -0.05) is 6.92 Å². The molecule has 1 atom stereocenters. The molecule has 0 bridgehead atoms. The lowest BCUT2D eigenvalue weighted by Gasteiger charge is -2.31. The molecule has 0 aliphatic carbocycles. The number of carbonyl (C=O) groups excluding carboxylic acids is 1. The third kappa shape index (κ3) is 3.92. The molecule has 19 heavy (non-hydrogen) atoms. The predicted molar refractivity (Wildman–Crippen MR) is 77.7 cm³/mol. The van der Waals surface area contributed by atoms with Crippen LogP contribution < -0.4 is 11.3 Å². The molecule has 0 radical (unpaired) electrons. The number of hydrogen-bond donors (Lipinski definition) is 2. The molecule has 3 N–H and O–H groups in total. The predicted octanol–water partition coefficient (Wildman–Crippen LogP) is 1.01. The number of pyridine rings is 1. The van der Waals surface area contributed by atoms with Gasteiger partial charge in [0.25, 0.3) is 5.91 Å². The molecule has 1 fully saturated rings. The van der Waals surface area contributed by atoms with E-state index < -0.39 is 0 Å². The van der Waals surface area contributed by atoms with Gasteiger partial charge in [0.05, 0.1) is 11.3 Å². The number of carbonyl (C=O) groups is 1. The molecule has 0 saturated carbocycles. The lowest BCUT2D eigenvalue weighted by Crippen LogP contribution is -2.37. The van der Waals surface area contributed by atoms with Crippen LogP contribution >= 0.6 is 11.8 Å². The van der Waals surface area contributed by atoms with Crippen LogP contribution in [0.2, 0.25) is 0 Å². The molecule has 1 amide bonds. The lowest BCUT2D eigenvalue weighted by molar-refractivity contribution is 0.0953. The number of hydrogen-bond acceptors (Lipinski definition) is 5. The van der Waals surface area contributed by atoms with E-state index >= 15 is 0 Å². The van der Waals surface area contributed by atoms with Crippen molar-refractivity contribution in [1.82, 2.24) is 15.3 Å². The molecule has 104 valence electrons. The van der Waals surface area contributed by atoms with Crippen LogP contribution in [-0.2, 0) is 6.54 Å². The van der Waals surface area contributed by atoms with Gasteiger partial charge in [-0.2, -0.15) is 11.8 Å². The third-order valence-corrected chi connectivity index (χ3v) is 4.65. The molecule has 1 unspecified atom stereocenters. The van der Waals surface area contributed by atoms with E-state index in [4.69, 9.17) is 5.84 Å². The summed E-state index contributed by atoms with van der Waals surface area (Å²) in [5, 5.41) is 0.732. The zero-order chi connectivity index (χ0) is 13.7. The molecular weight excluding hydrogens is 260 g/mol. The van der Waals surface area contributed by atoms with Crippen LogP contribution in [0.15, 0.2) is 18.3 Å². The minimum Gasteiger partial charge on any atom is -0.296 e. The van der Waals surface area contributed by atoms with Gasteiger partial charge in [-0.15, -0.1) is 0 Å². The normalized spacial score (nSPS) is 20.2. The first-order valence-corrected chi connectivity index (χ1v) is 7.57. The van der Waals surface area contributed by atoms with Crippen molar-refractivity contribution in [2.45, 2.75) is 25.1 Å². The van der Waals surface area contributed by atoms with Gasteiger partial charge in [0, 0.05) is 36.8 Å². The average molecular weight is 280 g/mol. The number of rotatable bonds is 4. The van der Waals surface area contributed by atoms with Gasteiger partial charge in [0.15, 0.2) is 0 Å². The minimum absolute atomic E-state index is 0.306. The number of amides is 1. The van der Waals surface area contributed by atoms with E-state index in [2.05, 4.69) is 34.0 Å². The smallest absolute Gasteiger partial charge is 0.266 e. The van der Waals surface area contributed by atoms with Gasteiger partial charge in [0.2, 0.25) is 0 Å². The Hall–Kier alpha value is -1.11. The number of nitrogens with two attached hydrogens (primary N) is 1. The Morgan fingerprint density at radius 1 is 1.63 bits per heavy atom. The van der Waals surface area contributed by atoms with Crippen LogP contribution in [-0.4, -0.2) is 39.9 Å². The van der Waals surface area contributed by atoms with Crippen molar-refractivity contribution in [3.63, 3.8) is 0 Å². The second kappa shape index (κ2) is 6.88. The summed E-state index contributed by atoms with van der Waals surface area (Å²) >= 11 is 2.06. The van der Waals surface area contributed by atoms with Crippen LogP contribution in [0.3, 0.4) is 0 Å². The lowest BCUT2D eigenvalue weighted by atomic mass is 10.2. The van der Waals surface area contributed by atoms with Crippen molar-refractivity contribution in [2.24, 2.45) is 5.84 Å². The summed E-state index contributed by atoms with van der Waals surface area (Å²) < 4.78 is 0. The molecule has 2 heterocycles. The fourth-order valence-corrected chi connectivity index (χ4v) is 3.38. The number of thioether (sulfide) groups is 1. The van der Waals surface area contributed by atoms with Gasteiger partial charge in [-0.3, -0.25) is 20.1 Å². The monoisotopic (exact) mass is 280 g/mol. The average Bonchev–Trinajstić information content (AvgIpc) is 2.47. The fraction of sp³-hybridized carbons (Fsp3) is 0.538. The zero-order valence-electron chi connectivity index (χ0n) is 11.1. The van der Waals surface area contributed by atoms with E-state index in [-0.39, 0.29) is 5.91 Å². The van der Waals surface area contributed by atoms with Crippen LogP contribution in [0.5, 0.6) is 0 Å². The van der Waals surface area contributed by atoms with Crippen molar-refractivity contribution in [3.8, 4) is 0 Å². The molecule has 0 aromatic carbocycles. The Balaban J connectivity index is 1.94. The molecule has 1 aromatic heterocycles. The molecule has 6 heteroatoms. The maximum Gasteiger partial charge on any atom is 0.266 e. The van der Waals surface area contributed by atoms with E-state index in [0.717, 1.165) is 30.6 Å². The summed E-state index contributed by atoms with van der Waals surface area (Å²) in [6.45, 7) is 5.31. The summed E-state index contributed by atoms with van der Waals surface area (Å²) in [5.74, 6) is 5.96. The highest BCUT2D eigenvalue weighted by Crippen LogP contribution is 2.22. The largest absolute Gasteiger partial charge is 0.296 e. The topological polar surface area (TPSA) is 71.2 Å². The van der Waals surface area contributed by atoms with Crippen LogP contribution in [0, 0.1) is 0 Å². The highest BCUT2D eigenvalue weighted by Gasteiger charge is 2.19. The maximum absolute atomic E-state index is 11.3. The number of aromatic nitrogens is 1. The first-order chi connectivity index (χ1) is 9.22. The molecule has 0 spiro atoms. The second-order valence-electron chi connectivity index (χ2n) is 4.65. The van der Waals surface area contributed by atoms with Gasteiger partial charge in [-0.25, -0.2) is 5.84 Å². The van der Waals surface area contributed by atoms with Crippen LogP contribution in [0.4, 0.5) is 0 Å². The van der Waals surface area contributed by atoms with Gasteiger partial charge >= 0.3 is 0 Å². The highest BCUT2D eigenvalue weighted by atomic mass is 32.2. The van der Waals surface area contributed by atoms with Crippen molar-refractivity contribution < 1.29 is 4.79 Å². The van der Waals surface area contributed by atoms with Gasteiger partial charge in [0.1, 0.15) is 0 Å². The molecule has 1 aromatic rings. The summed E-state index contributed by atoms with van der Waals surface area (Å²) in [6, 6.07) is 3.66. The van der Waals surface area contributed by atoms with Crippen LogP contribution in [0.25, 0.3) is 0 Å². The Morgan fingerprint density at radius 3 is 3.11 bits per heavy atom. The number of hydrazine groups is 1. The zero-order valence-corrected chi connectivity index (χ0v) is 11.9. The Labute approximate surface area is 117 Å². The fourth-order valence-electron chi connectivity index (χ4n) is 2.14. The Bertz CT molecular complexity index is 423. The van der Waals surface area contributed by atoms with Gasteiger partial charge < -0.3 is 0 Å². The third-order valence-electron chi connectivity index (χ3n) is 3.28. The van der Waals surface area contributed by atoms with E-state index in [1.54, 1.807) is 12.3 Å². The van der Waals surface area contributed by atoms with E-state index in [1.165, 1.54) is 12.2 Å². The first kappa shape index (κ1) is 14.3. The molecular formula is C13H20N4OS. The number of nitrogens with one attached hydrogen (secondary N) is 1. The summed E-state index contributed by atoms with van der Waals surface area (Å²) in [6.07, 6.45) is 2.79. The standard InChI is InChI=1S/C13H20N4OS/c1-2-12-9-17(5-6-19-12)8-11-4-3-10(7-15-11)13(18)16-14/h3-4,7,12H,2,5-6,8-9,14H2,1H3,(H,16,18). The number of nitrogen functional groups attached to an aromatic ring is 1. The molecule has 5 nitrogen and oxygen atoms in total. The summed E-state index contributed by atoms with van der Waals surface area (Å²) in [5.41, 5.74) is 3.59. The summed E-state index contributed by atoms with van der Waals surface area (Å²) in [7, 11) is 0. The molecule has 2 rings (SSSR count). The second-order valence-corrected chi connectivity index (χ2v) is 6.06. The minimum atomic E-state index is -0.306. The van der Waals surface area contributed by atoms with Gasteiger partial charge in [-0.05, 0) is 18.6 Å². The summed E-state index contributed by atoms with van der Waals surface area (Å²) in [4.78, 5) is 18.1. The van der Waals surface area contributed by atoms with E-state index in [1.807, 2.05) is 6.07 Å². The Morgan fingerprint density at radius 2 is 2.47 bits per heavy atom. The number of nitrogens with zero attached hydrogens (tertiary/aromatic N) is 2. The van der Waals surface area contributed by atoms with Crippen LogP contribution in [0.1, 0.15) is 29.4 Å². The SMILES string of the molecule is CCC1CN(Cc2ccc(C(=O)NN)cn2)CCS1. The van der Waals surface area contributed by atoms with Crippen molar-refractivity contribution >= 4 is 17.7 Å². The quantitative estimate of drug-likeness (QED) is 0.489. The molecule has 1 saturated heterocycles. The highest BCUT2D eigenvalue weighted by molar-refractivity contribution is 8.00. The molecule has 1 aliphatic rings. The Kier molecular flexibility index (Phi) is 5.18. The van der Waals surface area contributed by atoms with Crippen molar-refractivity contribution in [3.05, 3.63) is 29.6 Å². The maximum atomic E-state index is 11.3. The van der Waals surface area contributed by atoms with E-state index in [0.29, 0.717) is 5.56 Å². The first-order valence-electron chi connectivity index (χ1n) is 6.52. The van der Waals surface area contributed by atoms with Crippen molar-refractivity contribution in [1.29, 1.82) is 0 Å². The molecule has 1 aliphatic heterocycles. The van der Waals surface area contributed by atoms with Crippen molar-refractivity contribution in [2.75, 3.05) is 18.8 Å². The van der Waals surface area contributed by atoms with E-state index in [9.17, 15) is 4.79 Å².